The second-order valence-electron chi connectivity index (χ2n) is 3.32. The number of benzene rings is 1. The summed E-state index contributed by atoms with van der Waals surface area (Å²) in [5.74, 6) is -0.446. The van der Waals surface area contributed by atoms with Crippen molar-refractivity contribution in [2.24, 2.45) is 0 Å². The quantitative estimate of drug-likeness (QED) is 0.680. The normalized spacial score (nSPS) is 10.3. The summed E-state index contributed by atoms with van der Waals surface area (Å²) in [5.41, 5.74) is 0.713. The molecule has 0 aliphatic heterocycles. The van der Waals surface area contributed by atoms with Gasteiger partial charge in [-0.15, -0.1) is 0 Å². The third-order valence-corrected chi connectivity index (χ3v) is 4.04. The molecule has 0 aliphatic rings. The average Bonchev–Trinajstić information content (AvgIpc) is 2.73. The first-order valence-electron chi connectivity index (χ1n) is 5.19. The maximum absolute atomic E-state index is 11.5. The first-order valence-corrected chi connectivity index (χ1v) is 7.28. The molecule has 2 rings (SSSR count). The third-order valence-electron chi connectivity index (χ3n) is 2.10. The summed E-state index contributed by atoms with van der Waals surface area (Å²) in [6.07, 6.45) is 0. The Balaban J connectivity index is 2.38. The predicted octanol–water partition coefficient (Wildman–Crippen LogP) is 1.24. The van der Waals surface area contributed by atoms with Crippen LogP contribution in [0.25, 0.3) is 5.69 Å². The number of carbonyl (C=O) groups is 1. The SMILES string of the molecule is CCOC(=O)c1nn(-c2ccc(Cl)cc2)c(=N)[se]1. The molecule has 2 aromatic rings. The van der Waals surface area contributed by atoms with Gasteiger partial charge < -0.3 is 0 Å². The van der Waals surface area contributed by atoms with Crippen LogP contribution in [0.15, 0.2) is 24.3 Å². The van der Waals surface area contributed by atoms with Gasteiger partial charge in [0.05, 0.1) is 0 Å². The van der Waals surface area contributed by atoms with E-state index in [1.165, 1.54) is 4.68 Å². The summed E-state index contributed by atoms with van der Waals surface area (Å²) in [7, 11) is 0. The summed E-state index contributed by atoms with van der Waals surface area (Å²) in [6.45, 7) is 2.05. The number of esters is 1. The summed E-state index contributed by atoms with van der Waals surface area (Å²) in [4.78, 5) is 11.5. The van der Waals surface area contributed by atoms with E-state index in [2.05, 4.69) is 5.10 Å². The van der Waals surface area contributed by atoms with Crippen LogP contribution in [-0.4, -0.2) is 36.9 Å². The summed E-state index contributed by atoms with van der Waals surface area (Å²) >= 11 is 5.39. The number of rotatable bonds is 3. The van der Waals surface area contributed by atoms with Crippen LogP contribution in [0.4, 0.5) is 0 Å². The number of ether oxygens (including phenoxy) is 1. The molecular weight excluding hydrogens is 321 g/mol. The van der Waals surface area contributed by atoms with Crippen LogP contribution in [0.2, 0.25) is 5.02 Å². The second kappa shape index (κ2) is 5.52. The molecule has 1 aromatic heterocycles. The second-order valence-corrected chi connectivity index (χ2v) is 5.81. The van der Waals surface area contributed by atoms with Gasteiger partial charge in [0, 0.05) is 0 Å². The van der Waals surface area contributed by atoms with E-state index in [0.29, 0.717) is 26.2 Å². The number of carbonyl (C=O) groups excluding carboxylic acids is 1. The molecule has 5 nitrogen and oxygen atoms in total. The summed E-state index contributed by atoms with van der Waals surface area (Å²) in [6, 6.07) is 6.94. The maximum atomic E-state index is 11.5. The Morgan fingerprint density at radius 3 is 2.78 bits per heavy atom. The summed E-state index contributed by atoms with van der Waals surface area (Å²) in [5, 5.41) is 12.6. The standard InChI is InChI=1S/C11H10ClN3O2Se/c1-2-17-10(16)9-14-15(11(13)18-9)8-5-3-7(12)4-6-8/h3-6,13H,2H2,1H3. The van der Waals surface area contributed by atoms with Crippen LogP contribution in [0.5, 0.6) is 0 Å². The molecule has 0 fully saturated rings. The van der Waals surface area contributed by atoms with Crippen molar-refractivity contribution in [3.8, 4) is 5.69 Å². The number of hydrogen-bond donors (Lipinski definition) is 1. The molecule has 0 aliphatic carbocycles. The molecule has 94 valence electrons. The van der Waals surface area contributed by atoms with Crippen LogP contribution in [-0.2, 0) is 4.74 Å². The molecule has 1 heterocycles. The van der Waals surface area contributed by atoms with Gasteiger partial charge in [-0.2, -0.15) is 0 Å². The van der Waals surface area contributed by atoms with Gasteiger partial charge in [0.15, 0.2) is 0 Å². The van der Waals surface area contributed by atoms with E-state index in [4.69, 9.17) is 21.7 Å². The van der Waals surface area contributed by atoms with Crippen LogP contribution in [0.3, 0.4) is 0 Å². The summed E-state index contributed by atoms with van der Waals surface area (Å²) < 4.78 is 6.92. The van der Waals surface area contributed by atoms with E-state index in [1.54, 1.807) is 31.2 Å². The van der Waals surface area contributed by atoms with Gasteiger partial charge in [0.1, 0.15) is 0 Å². The van der Waals surface area contributed by atoms with Gasteiger partial charge in [-0.3, -0.25) is 0 Å². The molecule has 18 heavy (non-hydrogen) atoms. The Morgan fingerprint density at radius 1 is 1.50 bits per heavy atom. The molecule has 7 heteroatoms. The molecular formula is C11H10ClN3O2Se. The van der Waals surface area contributed by atoms with E-state index in [0.717, 1.165) is 0 Å². The number of aromatic nitrogens is 2. The molecule has 0 radical (unpaired) electrons. The van der Waals surface area contributed by atoms with Crippen molar-refractivity contribution in [2.75, 3.05) is 6.61 Å². The van der Waals surface area contributed by atoms with E-state index in [-0.39, 0.29) is 0 Å². The van der Waals surface area contributed by atoms with Crippen LogP contribution in [0, 0.1) is 5.41 Å². The van der Waals surface area contributed by atoms with Crippen molar-refractivity contribution in [1.82, 2.24) is 9.78 Å². The number of nitrogens with zero attached hydrogens (tertiary/aromatic N) is 2. The fourth-order valence-corrected chi connectivity index (χ4v) is 2.88. The first kappa shape index (κ1) is 13.1. The zero-order valence-corrected chi connectivity index (χ0v) is 12.0. The minimum atomic E-state index is -0.446. The zero-order chi connectivity index (χ0) is 13.1. The van der Waals surface area contributed by atoms with Gasteiger partial charge in [-0.1, -0.05) is 0 Å². The van der Waals surface area contributed by atoms with Gasteiger partial charge in [-0.05, 0) is 0 Å². The van der Waals surface area contributed by atoms with E-state index in [9.17, 15) is 4.79 Å². The molecule has 0 saturated carbocycles. The molecule has 0 amide bonds. The van der Waals surface area contributed by atoms with Crippen molar-refractivity contribution in [2.45, 2.75) is 6.92 Å². The van der Waals surface area contributed by atoms with Crippen molar-refractivity contribution >= 4 is 32.1 Å². The molecule has 0 saturated heterocycles. The molecule has 0 atom stereocenters. The topological polar surface area (TPSA) is 68.0 Å². The first-order chi connectivity index (χ1) is 8.61. The Hall–Kier alpha value is -1.36. The van der Waals surface area contributed by atoms with Crippen LogP contribution in [0.1, 0.15) is 16.3 Å². The van der Waals surface area contributed by atoms with Crippen molar-refractivity contribution in [3.63, 3.8) is 0 Å². The predicted molar refractivity (Wildman–Crippen MR) is 67.3 cm³/mol. The Kier molecular flexibility index (Phi) is 4.01. The van der Waals surface area contributed by atoms with Crippen LogP contribution < -0.4 is 4.36 Å². The van der Waals surface area contributed by atoms with Crippen molar-refractivity contribution in [3.05, 3.63) is 38.2 Å². The van der Waals surface area contributed by atoms with Gasteiger partial charge in [-0.25, -0.2) is 0 Å². The molecule has 1 aromatic carbocycles. The molecule has 0 unspecified atom stereocenters. The van der Waals surface area contributed by atoms with Crippen molar-refractivity contribution < 1.29 is 9.53 Å². The van der Waals surface area contributed by atoms with E-state index >= 15 is 0 Å². The third kappa shape index (κ3) is 2.72. The Bertz CT molecular complexity index is 618. The molecule has 1 N–H and O–H groups in total. The van der Waals surface area contributed by atoms with Gasteiger partial charge >= 0.3 is 114 Å². The Labute approximate surface area is 114 Å². The zero-order valence-electron chi connectivity index (χ0n) is 9.51. The number of hydrogen-bond acceptors (Lipinski definition) is 4. The monoisotopic (exact) mass is 331 g/mol. The fourth-order valence-electron chi connectivity index (χ4n) is 1.32. The van der Waals surface area contributed by atoms with Crippen molar-refractivity contribution in [1.29, 1.82) is 5.41 Å². The average molecular weight is 331 g/mol. The number of halogens is 1. The minimum absolute atomic E-state index is 0.299. The Morgan fingerprint density at radius 2 is 2.17 bits per heavy atom. The van der Waals surface area contributed by atoms with Gasteiger partial charge in [0.2, 0.25) is 0 Å². The van der Waals surface area contributed by atoms with E-state index < -0.39 is 20.5 Å². The fraction of sp³-hybridized carbons (Fsp3) is 0.182. The van der Waals surface area contributed by atoms with Crippen LogP contribution >= 0.6 is 11.6 Å². The van der Waals surface area contributed by atoms with Gasteiger partial charge in [0.25, 0.3) is 0 Å². The number of nitrogens with one attached hydrogen (secondary N) is 1. The molecule has 0 bridgehead atoms. The van der Waals surface area contributed by atoms with E-state index in [1.807, 2.05) is 0 Å². The molecule has 0 spiro atoms.